The topological polar surface area (TPSA) is 88.3 Å². The van der Waals surface area contributed by atoms with E-state index in [1.807, 2.05) is 13.8 Å². The van der Waals surface area contributed by atoms with Gasteiger partial charge in [0.15, 0.2) is 0 Å². The molecule has 2 amide bonds. The van der Waals surface area contributed by atoms with Crippen LogP contribution in [0.4, 0.5) is 5.69 Å². The molecule has 0 aliphatic rings. The lowest BCUT2D eigenvalue weighted by Gasteiger charge is -2.20. The number of nitrogens with one attached hydrogen (secondary N) is 1. The van der Waals surface area contributed by atoms with Crippen molar-refractivity contribution in [1.29, 1.82) is 0 Å². The van der Waals surface area contributed by atoms with Crippen molar-refractivity contribution < 1.29 is 14.0 Å². The van der Waals surface area contributed by atoms with Crippen molar-refractivity contribution in [2.24, 2.45) is 0 Å². The van der Waals surface area contributed by atoms with E-state index in [2.05, 4.69) is 15.5 Å². The molecule has 1 aromatic heterocycles. The molecule has 0 bridgehead atoms. The van der Waals surface area contributed by atoms with E-state index in [1.165, 1.54) is 4.90 Å². The van der Waals surface area contributed by atoms with Crippen molar-refractivity contribution in [3.63, 3.8) is 0 Å². The highest BCUT2D eigenvalue weighted by Crippen LogP contribution is 2.21. The maximum atomic E-state index is 12.0. The van der Waals surface area contributed by atoms with Crippen LogP contribution in [0.1, 0.15) is 19.7 Å². The SMILES string of the molecule is Cc1nnc(-c2cccc(NC(=O)C(=O)N(C)C(C)C)c2)o1. The second-order valence-electron chi connectivity index (χ2n) is 5.17. The lowest BCUT2D eigenvalue weighted by atomic mass is 10.2. The van der Waals surface area contributed by atoms with E-state index in [9.17, 15) is 9.59 Å². The van der Waals surface area contributed by atoms with Crippen LogP contribution in [-0.2, 0) is 9.59 Å². The zero-order valence-corrected chi connectivity index (χ0v) is 13.0. The summed E-state index contributed by atoms with van der Waals surface area (Å²) in [6.45, 7) is 5.37. The summed E-state index contributed by atoms with van der Waals surface area (Å²) < 4.78 is 5.34. The van der Waals surface area contributed by atoms with Crippen molar-refractivity contribution in [2.75, 3.05) is 12.4 Å². The summed E-state index contributed by atoms with van der Waals surface area (Å²) >= 11 is 0. The minimum Gasteiger partial charge on any atom is -0.421 e. The second-order valence-corrected chi connectivity index (χ2v) is 5.17. The fourth-order valence-electron chi connectivity index (χ4n) is 1.72. The van der Waals surface area contributed by atoms with Crippen LogP contribution in [0, 0.1) is 6.92 Å². The fourth-order valence-corrected chi connectivity index (χ4v) is 1.72. The van der Waals surface area contributed by atoms with Gasteiger partial charge in [-0.3, -0.25) is 9.59 Å². The molecule has 2 rings (SSSR count). The van der Waals surface area contributed by atoms with Gasteiger partial charge in [0.1, 0.15) is 0 Å². The number of aryl methyl sites for hydroxylation is 1. The number of hydrogen-bond donors (Lipinski definition) is 1. The average molecular weight is 302 g/mol. The molecule has 0 saturated heterocycles. The van der Waals surface area contributed by atoms with Crippen molar-refractivity contribution >= 4 is 17.5 Å². The van der Waals surface area contributed by atoms with Crippen LogP contribution in [0.3, 0.4) is 0 Å². The van der Waals surface area contributed by atoms with Gasteiger partial charge in [0.25, 0.3) is 0 Å². The summed E-state index contributed by atoms with van der Waals surface area (Å²) in [5.74, 6) is -0.457. The first kappa shape index (κ1) is 15.7. The molecular formula is C15H18N4O3. The van der Waals surface area contributed by atoms with Crippen LogP contribution in [0.25, 0.3) is 11.5 Å². The third-order valence-electron chi connectivity index (χ3n) is 3.18. The highest BCUT2D eigenvalue weighted by atomic mass is 16.4. The van der Waals surface area contributed by atoms with Gasteiger partial charge < -0.3 is 14.6 Å². The Balaban J connectivity index is 2.14. The van der Waals surface area contributed by atoms with E-state index in [0.29, 0.717) is 23.0 Å². The number of nitrogens with zero attached hydrogens (tertiary/aromatic N) is 3. The number of amides is 2. The molecule has 1 aromatic carbocycles. The molecule has 7 heteroatoms. The van der Waals surface area contributed by atoms with Crippen molar-refractivity contribution in [2.45, 2.75) is 26.8 Å². The molecule has 2 aromatic rings. The normalized spacial score (nSPS) is 10.6. The van der Waals surface area contributed by atoms with Crippen LogP contribution >= 0.6 is 0 Å². The van der Waals surface area contributed by atoms with Crippen LogP contribution < -0.4 is 5.32 Å². The summed E-state index contributed by atoms with van der Waals surface area (Å²) in [7, 11) is 1.59. The van der Waals surface area contributed by atoms with E-state index in [4.69, 9.17) is 4.42 Å². The van der Waals surface area contributed by atoms with E-state index >= 15 is 0 Å². The lowest BCUT2D eigenvalue weighted by Crippen LogP contribution is -2.40. The highest BCUT2D eigenvalue weighted by Gasteiger charge is 2.20. The first-order valence-corrected chi connectivity index (χ1v) is 6.87. The molecule has 0 spiro atoms. The van der Waals surface area contributed by atoms with Gasteiger partial charge in [0, 0.05) is 31.3 Å². The Bertz CT molecular complexity index is 694. The fraction of sp³-hybridized carbons (Fsp3) is 0.333. The van der Waals surface area contributed by atoms with Crippen molar-refractivity contribution in [3.05, 3.63) is 30.2 Å². The third kappa shape index (κ3) is 3.49. The quantitative estimate of drug-likeness (QED) is 0.874. The van der Waals surface area contributed by atoms with Crippen molar-refractivity contribution in [3.8, 4) is 11.5 Å². The van der Waals surface area contributed by atoms with Gasteiger partial charge >= 0.3 is 11.8 Å². The molecule has 0 saturated carbocycles. The summed E-state index contributed by atoms with van der Waals surface area (Å²) in [6, 6.07) is 6.83. The molecule has 7 nitrogen and oxygen atoms in total. The van der Waals surface area contributed by atoms with Gasteiger partial charge in [-0.2, -0.15) is 0 Å². The number of carbonyl (C=O) groups is 2. The van der Waals surface area contributed by atoms with E-state index in [0.717, 1.165) is 0 Å². The van der Waals surface area contributed by atoms with Gasteiger partial charge in [-0.1, -0.05) is 6.07 Å². The van der Waals surface area contributed by atoms with Crippen LogP contribution in [0.5, 0.6) is 0 Å². The Morgan fingerprint density at radius 3 is 2.59 bits per heavy atom. The number of rotatable bonds is 3. The minimum absolute atomic E-state index is 0.0500. The zero-order valence-electron chi connectivity index (χ0n) is 13.0. The Kier molecular flexibility index (Phi) is 4.55. The van der Waals surface area contributed by atoms with Gasteiger partial charge in [-0.25, -0.2) is 0 Å². The molecule has 0 atom stereocenters. The number of likely N-dealkylation sites (N-methyl/N-ethyl adjacent to an activating group) is 1. The number of hydrogen-bond acceptors (Lipinski definition) is 5. The van der Waals surface area contributed by atoms with Crippen LogP contribution in [0.15, 0.2) is 28.7 Å². The molecule has 0 unspecified atom stereocenters. The predicted octanol–water partition coefficient (Wildman–Crippen LogP) is 1.85. The maximum Gasteiger partial charge on any atom is 0.313 e. The average Bonchev–Trinajstić information content (AvgIpc) is 2.92. The van der Waals surface area contributed by atoms with Crippen LogP contribution in [0.2, 0.25) is 0 Å². The molecule has 1 N–H and O–H groups in total. The first-order chi connectivity index (χ1) is 10.4. The van der Waals surface area contributed by atoms with Crippen molar-refractivity contribution in [1.82, 2.24) is 15.1 Å². The molecule has 0 radical (unpaired) electrons. The summed E-state index contributed by atoms with van der Waals surface area (Å²) in [5, 5.41) is 10.3. The molecule has 0 fully saturated rings. The molecule has 1 heterocycles. The summed E-state index contributed by atoms with van der Waals surface area (Å²) in [4.78, 5) is 25.3. The molecule has 0 aliphatic carbocycles. The Hall–Kier alpha value is -2.70. The zero-order chi connectivity index (χ0) is 16.3. The molecule has 22 heavy (non-hydrogen) atoms. The number of benzene rings is 1. The van der Waals surface area contributed by atoms with Gasteiger partial charge in [-0.05, 0) is 32.0 Å². The van der Waals surface area contributed by atoms with Gasteiger partial charge in [0.05, 0.1) is 0 Å². The summed E-state index contributed by atoms with van der Waals surface area (Å²) in [6.07, 6.45) is 0. The lowest BCUT2D eigenvalue weighted by molar-refractivity contribution is -0.143. The third-order valence-corrected chi connectivity index (χ3v) is 3.18. The van der Waals surface area contributed by atoms with Gasteiger partial charge in [0.2, 0.25) is 11.8 Å². The smallest absolute Gasteiger partial charge is 0.313 e. The number of carbonyl (C=O) groups excluding carboxylic acids is 2. The van der Waals surface area contributed by atoms with E-state index < -0.39 is 11.8 Å². The molecular weight excluding hydrogens is 284 g/mol. The second kappa shape index (κ2) is 6.38. The summed E-state index contributed by atoms with van der Waals surface area (Å²) in [5.41, 5.74) is 1.16. The Labute approximate surface area is 128 Å². The number of anilines is 1. The standard InChI is InChI=1S/C15H18N4O3/c1-9(2)19(4)15(21)13(20)16-12-7-5-6-11(8-12)14-18-17-10(3)22-14/h5-9H,1-4H3,(H,16,20). The monoisotopic (exact) mass is 302 g/mol. The van der Waals surface area contributed by atoms with E-state index in [1.54, 1.807) is 38.2 Å². The van der Waals surface area contributed by atoms with E-state index in [-0.39, 0.29) is 6.04 Å². The Morgan fingerprint density at radius 2 is 2.00 bits per heavy atom. The Morgan fingerprint density at radius 1 is 1.27 bits per heavy atom. The first-order valence-electron chi connectivity index (χ1n) is 6.87. The largest absolute Gasteiger partial charge is 0.421 e. The minimum atomic E-state index is -0.685. The predicted molar refractivity (Wildman–Crippen MR) is 81.0 cm³/mol. The van der Waals surface area contributed by atoms with Crippen LogP contribution in [-0.4, -0.2) is 40.0 Å². The maximum absolute atomic E-state index is 12.0. The highest BCUT2D eigenvalue weighted by molar-refractivity contribution is 6.39. The number of aromatic nitrogens is 2. The van der Waals surface area contributed by atoms with Gasteiger partial charge in [-0.15, -0.1) is 10.2 Å². The molecule has 0 aliphatic heterocycles. The molecule has 116 valence electrons.